The minimum absolute atomic E-state index is 0.0881. The van der Waals surface area contributed by atoms with E-state index in [2.05, 4.69) is 15.3 Å². The van der Waals surface area contributed by atoms with Gasteiger partial charge in [-0.05, 0) is 35.9 Å². The van der Waals surface area contributed by atoms with Gasteiger partial charge in [0, 0.05) is 17.4 Å². The SMILES string of the molecule is COc1ccc(CSCC(=O)Nc2ccccc2-c2nc3ccccc3[nH]2)cc1[N+](=O)[O-]. The van der Waals surface area contributed by atoms with Gasteiger partial charge in [0.15, 0.2) is 5.75 Å². The Morgan fingerprint density at radius 2 is 1.94 bits per heavy atom. The fraction of sp³-hybridized carbons (Fsp3) is 0.130. The highest BCUT2D eigenvalue weighted by Gasteiger charge is 2.16. The monoisotopic (exact) mass is 448 g/mol. The van der Waals surface area contributed by atoms with Gasteiger partial charge in [-0.15, -0.1) is 11.8 Å². The van der Waals surface area contributed by atoms with Crippen molar-refractivity contribution in [2.45, 2.75) is 5.75 Å². The fourth-order valence-electron chi connectivity index (χ4n) is 3.29. The number of aromatic amines is 1. The Labute approximate surface area is 188 Å². The molecule has 2 N–H and O–H groups in total. The molecule has 0 bridgehead atoms. The van der Waals surface area contributed by atoms with Crippen LogP contribution in [0.1, 0.15) is 5.56 Å². The Bertz CT molecular complexity index is 1250. The lowest BCUT2D eigenvalue weighted by Gasteiger charge is -2.09. The number of hydrogen-bond donors (Lipinski definition) is 2. The van der Waals surface area contributed by atoms with Crippen LogP contribution in [0.2, 0.25) is 0 Å². The van der Waals surface area contributed by atoms with Crippen LogP contribution in [0.15, 0.2) is 66.7 Å². The molecule has 0 aliphatic heterocycles. The predicted molar refractivity (Wildman–Crippen MR) is 126 cm³/mol. The second kappa shape index (κ2) is 9.52. The molecule has 0 saturated carbocycles. The van der Waals surface area contributed by atoms with Gasteiger partial charge in [-0.25, -0.2) is 4.98 Å². The second-order valence-electron chi connectivity index (χ2n) is 6.95. The van der Waals surface area contributed by atoms with Crippen molar-refractivity contribution in [3.8, 4) is 17.1 Å². The van der Waals surface area contributed by atoms with Gasteiger partial charge < -0.3 is 15.0 Å². The maximum absolute atomic E-state index is 12.5. The molecule has 0 atom stereocenters. The van der Waals surface area contributed by atoms with Crippen LogP contribution in [0, 0.1) is 10.1 Å². The first-order chi connectivity index (χ1) is 15.5. The molecule has 162 valence electrons. The lowest BCUT2D eigenvalue weighted by molar-refractivity contribution is -0.385. The van der Waals surface area contributed by atoms with E-state index in [9.17, 15) is 14.9 Å². The van der Waals surface area contributed by atoms with Gasteiger partial charge in [0.25, 0.3) is 0 Å². The molecule has 0 fully saturated rings. The number of carbonyl (C=O) groups is 1. The maximum atomic E-state index is 12.5. The van der Waals surface area contributed by atoms with Gasteiger partial charge in [-0.1, -0.05) is 30.3 Å². The first-order valence-electron chi connectivity index (χ1n) is 9.78. The van der Waals surface area contributed by atoms with Gasteiger partial charge in [0.1, 0.15) is 5.82 Å². The van der Waals surface area contributed by atoms with Crippen LogP contribution in [-0.2, 0) is 10.5 Å². The zero-order chi connectivity index (χ0) is 22.5. The van der Waals surface area contributed by atoms with Gasteiger partial charge in [0.05, 0.1) is 34.5 Å². The summed E-state index contributed by atoms with van der Waals surface area (Å²) in [4.78, 5) is 31.1. The summed E-state index contributed by atoms with van der Waals surface area (Å²) >= 11 is 1.37. The largest absolute Gasteiger partial charge is 0.490 e. The van der Waals surface area contributed by atoms with Crippen LogP contribution >= 0.6 is 11.8 Å². The third-order valence-electron chi connectivity index (χ3n) is 4.79. The van der Waals surface area contributed by atoms with E-state index in [0.29, 0.717) is 17.3 Å². The number of rotatable bonds is 8. The predicted octanol–water partition coefficient (Wildman–Crippen LogP) is 5.02. The van der Waals surface area contributed by atoms with Crippen LogP contribution in [-0.4, -0.2) is 33.7 Å². The normalized spacial score (nSPS) is 10.8. The molecule has 9 heteroatoms. The highest BCUT2D eigenvalue weighted by Crippen LogP contribution is 2.30. The standard InChI is InChI=1S/C23H20N4O4S/c1-31-21-11-10-15(12-20(21)27(29)30)13-32-14-22(28)24-17-7-3-2-6-16(17)23-25-18-8-4-5-9-19(18)26-23/h2-12H,13-14H2,1H3,(H,24,28)(H,25,26). The number of thioether (sulfide) groups is 1. The zero-order valence-electron chi connectivity index (χ0n) is 17.2. The topological polar surface area (TPSA) is 110 Å². The fourth-order valence-corrected chi connectivity index (χ4v) is 4.07. The summed E-state index contributed by atoms with van der Waals surface area (Å²) in [5, 5.41) is 14.1. The number of imidazole rings is 1. The summed E-state index contributed by atoms with van der Waals surface area (Å²) in [5.74, 6) is 1.39. The molecule has 8 nitrogen and oxygen atoms in total. The first-order valence-corrected chi connectivity index (χ1v) is 10.9. The van der Waals surface area contributed by atoms with Crippen molar-refractivity contribution in [1.82, 2.24) is 9.97 Å². The Balaban J connectivity index is 1.41. The van der Waals surface area contributed by atoms with E-state index >= 15 is 0 Å². The molecule has 0 radical (unpaired) electrons. The molecule has 1 heterocycles. The van der Waals surface area contributed by atoms with Gasteiger partial charge in [0.2, 0.25) is 5.91 Å². The molecule has 0 spiro atoms. The van der Waals surface area contributed by atoms with E-state index in [0.717, 1.165) is 22.2 Å². The summed E-state index contributed by atoms with van der Waals surface area (Å²) < 4.78 is 5.02. The number of nitrogens with zero attached hydrogens (tertiary/aromatic N) is 2. The van der Waals surface area contributed by atoms with E-state index < -0.39 is 4.92 Å². The molecule has 0 aliphatic carbocycles. The second-order valence-corrected chi connectivity index (χ2v) is 7.94. The highest BCUT2D eigenvalue weighted by atomic mass is 32.2. The number of fused-ring (bicyclic) bond motifs is 1. The quantitative estimate of drug-likeness (QED) is 0.289. The molecular weight excluding hydrogens is 428 g/mol. The lowest BCUT2D eigenvalue weighted by atomic mass is 10.1. The molecule has 0 saturated heterocycles. The number of ether oxygens (including phenoxy) is 1. The van der Waals surface area contributed by atoms with Crippen molar-refractivity contribution >= 4 is 40.1 Å². The Kier molecular flexibility index (Phi) is 6.37. The van der Waals surface area contributed by atoms with Crippen LogP contribution in [0.25, 0.3) is 22.4 Å². The van der Waals surface area contributed by atoms with Crippen LogP contribution in [0.4, 0.5) is 11.4 Å². The van der Waals surface area contributed by atoms with Crippen molar-refractivity contribution in [2.24, 2.45) is 0 Å². The van der Waals surface area contributed by atoms with Crippen molar-refractivity contribution in [3.63, 3.8) is 0 Å². The lowest BCUT2D eigenvalue weighted by Crippen LogP contribution is -2.15. The molecule has 1 aromatic heterocycles. The first kappa shape index (κ1) is 21.4. The summed E-state index contributed by atoms with van der Waals surface area (Å²) in [5.41, 5.74) is 3.90. The van der Waals surface area contributed by atoms with E-state index in [4.69, 9.17) is 4.74 Å². The third kappa shape index (κ3) is 4.73. The third-order valence-corrected chi connectivity index (χ3v) is 5.79. The summed E-state index contributed by atoms with van der Waals surface area (Å²) in [6.07, 6.45) is 0. The molecule has 1 amide bonds. The number of carbonyl (C=O) groups excluding carboxylic acids is 1. The number of aromatic nitrogens is 2. The molecule has 0 aliphatic rings. The van der Waals surface area contributed by atoms with E-state index in [1.165, 1.54) is 24.9 Å². The van der Waals surface area contributed by atoms with Crippen LogP contribution < -0.4 is 10.1 Å². The van der Waals surface area contributed by atoms with Crippen molar-refractivity contribution < 1.29 is 14.5 Å². The number of nitrogens with one attached hydrogen (secondary N) is 2. The Morgan fingerprint density at radius 3 is 2.72 bits per heavy atom. The van der Waals surface area contributed by atoms with Crippen molar-refractivity contribution in [1.29, 1.82) is 0 Å². The number of hydrogen-bond acceptors (Lipinski definition) is 6. The van der Waals surface area contributed by atoms with Gasteiger partial charge in [-0.3, -0.25) is 14.9 Å². The van der Waals surface area contributed by atoms with Crippen molar-refractivity contribution in [2.75, 3.05) is 18.2 Å². The number of benzene rings is 3. The van der Waals surface area contributed by atoms with Gasteiger partial charge >= 0.3 is 5.69 Å². The molecule has 32 heavy (non-hydrogen) atoms. The molecule has 4 rings (SSSR count). The minimum atomic E-state index is -0.477. The minimum Gasteiger partial charge on any atom is -0.490 e. The van der Waals surface area contributed by atoms with Gasteiger partial charge in [-0.2, -0.15) is 0 Å². The number of nitro benzene ring substituents is 1. The van der Waals surface area contributed by atoms with E-state index in [1.54, 1.807) is 12.1 Å². The number of para-hydroxylation sites is 3. The highest BCUT2D eigenvalue weighted by molar-refractivity contribution is 7.99. The molecule has 4 aromatic rings. The number of amides is 1. The number of nitro groups is 1. The zero-order valence-corrected chi connectivity index (χ0v) is 18.0. The van der Waals surface area contributed by atoms with E-state index in [-0.39, 0.29) is 23.1 Å². The summed E-state index contributed by atoms with van der Waals surface area (Å²) in [6, 6.07) is 20.0. The average molecular weight is 449 g/mol. The van der Waals surface area contributed by atoms with Crippen LogP contribution in [0.5, 0.6) is 5.75 Å². The molecule has 0 unspecified atom stereocenters. The smallest absolute Gasteiger partial charge is 0.311 e. The Morgan fingerprint density at radius 1 is 1.16 bits per heavy atom. The maximum Gasteiger partial charge on any atom is 0.311 e. The van der Waals surface area contributed by atoms with E-state index in [1.807, 2.05) is 48.5 Å². The molecular formula is C23H20N4O4S. The summed E-state index contributed by atoms with van der Waals surface area (Å²) in [6.45, 7) is 0. The number of methoxy groups -OCH3 is 1. The Hall–Kier alpha value is -3.85. The molecule has 3 aromatic carbocycles. The van der Waals surface area contributed by atoms with Crippen molar-refractivity contribution in [3.05, 3.63) is 82.4 Å². The van der Waals surface area contributed by atoms with Crippen LogP contribution in [0.3, 0.4) is 0 Å². The summed E-state index contributed by atoms with van der Waals surface area (Å²) in [7, 11) is 1.39. The number of H-pyrrole nitrogens is 1. The average Bonchev–Trinajstić information content (AvgIpc) is 3.23. The number of anilines is 1.